The minimum atomic E-state index is -0.751. The van der Waals surface area contributed by atoms with Gasteiger partial charge in [0.05, 0.1) is 26.4 Å². The summed E-state index contributed by atoms with van der Waals surface area (Å²) in [4.78, 5) is 14.5. The maximum atomic E-state index is 12.3. The van der Waals surface area contributed by atoms with Crippen molar-refractivity contribution in [2.45, 2.75) is 37.8 Å². The Kier molecular flexibility index (Phi) is 8.81. The van der Waals surface area contributed by atoms with Crippen LogP contribution in [0.2, 0.25) is 5.02 Å². The number of aliphatic hydroxyl groups excluding tert-OH is 1. The highest BCUT2D eigenvalue weighted by atomic mass is 35.5. The van der Waals surface area contributed by atoms with Crippen molar-refractivity contribution in [2.75, 3.05) is 40.5 Å². The second kappa shape index (κ2) is 12.5. The number of hydrogen-bond acceptors (Lipinski definition) is 8. The maximum Gasteiger partial charge on any atom is 0.341 e. The quantitative estimate of drug-likeness (QED) is 0.344. The number of likely N-dealkylation sites (tertiary alicyclic amines) is 1. The molecule has 0 radical (unpaired) electrons. The molecule has 40 heavy (non-hydrogen) atoms. The van der Waals surface area contributed by atoms with Gasteiger partial charge in [0.15, 0.2) is 0 Å². The molecule has 2 aliphatic rings. The standard InChI is InChI=1S/C31H34ClNO7/c1-36-25-6-3-21(4-7-25)18-38-26-8-9-27(30(35)37-2)29(16-26)39-20-24(34)17-33-13-11-31(12-14-33)28-10-5-23(32)15-22(28)19-40-31/h3-10,15-16,24,34H,11-14,17-20H2,1-2H3/t24-/m1/s1. The van der Waals surface area contributed by atoms with Crippen LogP contribution in [-0.2, 0) is 28.3 Å². The van der Waals surface area contributed by atoms with Crippen molar-refractivity contribution in [1.29, 1.82) is 0 Å². The SMILES string of the molecule is COC(=O)c1ccc(OCc2ccc(OC)cc2)cc1OC[C@H](O)CN1CCC2(CC1)OCc1cc(Cl)ccc12. The van der Waals surface area contributed by atoms with Gasteiger partial charge >= 0.3 is 5.97 Å². The highest BCUT2D eigenvalue weighted by molar-refractivity contribution is 6.30. The largest absolute Gasteiger partial charge is 0.497 e. The molecule has 3 aromatic rings. The molecule has 5 rings (SSSR count). The van der Waals surface area contributed by atoms with E-state index in [1.54, 1.807) is 25.3 Å². The van der Waals surface area contributed by atoms with Gasteiger partial charge in [-0.3, -0.25) is 0 Å². The van der Waals surface area contributed by atoms with Crippen LogP contribution in [0.25, 0.3) is 0 Å². The number of aliphatic hydroxyl groups is 1. The van der Waals surface area contributed by atoms with E-state index in [1.165, 1.54) is 12.7 Å². The number of nitrogens with zero attached hydrogens (tertiary/aromatic N) is 1. The van der Waals surface area contributed by atoms with Gasteiger partial charge in [0, 0.05) is 30.7 Å². The van der Waals surface area contributed by atoms with E-state index in [-0.39, 0.29) is 17.8 Å². The first-order valence-corrected chi connectivity index (χ1v) is 13.7. The molecule has 212 valence electrons. The summed E-state index contributed by atoms with van der Waals surface area (Å²) in [7, 11) is 2.94. The summed E-state index contributed by atoms with van der Waals surface area (Å²) in [6, 6.07) is 18.5. The number of benzene rings is 3. The van der Waals surface area contributed by atoms with Crippen molar-refractivity contribution in [3.8, 4) is 17.2 Å². The highest BCUT2D eigenvalue weighted by Gasteiger charge is 2.42. The lowest BCUT2D eigenvalue weighted by atomic mass is 9.84. The Morgan fingerprint density at radius 3 is 2.50 bits per heavy atom. The molecular formula is C31H34ClNO7. The number of methoxy groups -OCH3 is 2. The average molecular weight is 568 g/mol. The molecule has 3 aromatic carbocycles. The van der Waals surface area contributed by atoms with E-state index in [2.05, 4.69) is 11.0 Å². The molecule has 2 aliphatic heterocycles. The van der Waals surface area contributed by atoms with Gasteiger partial charge in [0.25, 0.3) is 0 Å². The van der Waals surface area contributed by atoms with Crippen LogP contribution in [0, 0.1) is 0 Å². The van der Waals surface area contributed by atoms with Gasteiger partial charge < -0.3 is 33.7 Å². The zero-order valence-corrected chi connectivity index (χ0v) is 23.5. The molecule has 0 saturated carbocycles. The third-order valence-corrected chi connectivity index (χ3v) is 7.78. The monoisotopic (exact) mass is 567 g/mol. The Hall–Kier alpha value is -3.30. The number of hydrogen-bond donors (Lipinski definition) is 1. The van der Waals surface area contributed by atoms with E-state index in [4.69, 9.17) is 35.3 Å². The number of esters is 1. The fraction of sp³-hybridized carbons (Fsp3) is 0.387. The summed E-state index contributed by atoms with van der Waals surface area (Å²) in [5.74, 6) is 1.08. The van der Waals surface area contributed by atoms with Crippen molar-refractivity contribution < 1.29 is 33.6 Å². The van der Waals surface area contributed by atoms with E-state index >= 15 is 0 Å². The first-order chi connectivity index (χ1) is 19.4. The minimum absolute atomic E-state index is 0.0192. The maximum absolute atomic E-state index is 12.3. The Morgan fingerprint density at radius 2 is 1.77 bits per heavy atom. The predicted octanol–water partition coefficient (Wildman–Crippen LogP) is 4.98. The lowest BCUT2D eigenvalue weighted by molar-refractivity contribution is -0.0835. The van der Waals surface area contributed by atoms with Gasteiger partial charge in [-0.25, -0.2) is 4.79 Å². The second-order valence-electron chi connectivity index (χ2n) is 10.1. The van der Waals surface area contributed by atoms with Crippen LogP contribution in [-0.4, -0.2) is 62.5 Å². The lowest BCUT2D eigenvalue weighted by Gasteiger charge is -2.39. The number of piperidine rings is 1. The highest BCUT2D eigenvalue weighted by Crippen LogP contribution is 2.44. The molecule has 1 atom stereocenters. The van der Waals surface area contributed by atoms with Gasteiger partial charge in [-0.05, 0) is 65.9 Å². The number of carbonyl (C=O) groups excluding carboxylic acids is 1. The molecule has 0 aliphatic carbocycles. The fourth-order valence-corrected chi connectivity index (χ4v) is 5.54. The van der Waals surface area contributed by atoms with Gasteiger partial charge in [-0.1, -0.05) is 29.8 Å². The van der Waals surface area contributed by atoms with Gasteiger partial charge in [-0.15, -0.1) is 0 Å². The molecule has 0 unspecified atom stereocenters. The predicted molar refractivity (Wildman–Crippen MR) is 150 cm³/mol. The van der Waals surface area contributed by atoms with Crippen LogP contribution >= 0.6 is 11.6 Å². The molecule has 2 heterocycles. The Balaban J connectivity index is 1.16. The van der Waals surface area contributed by atoms with Crippen LogP contribution in [0.4, 0.5) is 0 Å². The summed E-state index contributed by atoms with van der Waals surface area (Å²) < 4.78 is 28.2. The smallest absolute Gasteiger partial charge is 0.341 e. The Bertz CT molecular complexity index is 1320. The molecule has 0 amide bonds. The molecule has 0 aromatic heterocycles. The Labute approximate surface area is 239 Å². The first kappa shape index (κ1) is 28.2. The second-order valence-corrected chi connectivity index (χ2v) is 10.6. The molecule has 0 bridgehead atoms. The van der Waals surface area contributed by atoms with Crippen LogP contribution in [0.3, 0.4) is 0 Å². The van der Waals surface area contributed by atoms with E-state index in [0.717, 1.165) is 47.8 Å². The minimum Gasteiger partial charge on any atom is -0.497 e. The number of carbonyl (C=O) groups is 1. The van der Waals surface area contributed by atoms with Crippen LogP contribution in [0.15, 0.2) is 60.7 Å². The lowest BCUT2D eigenvalue weighted by Crippen LogP contribution is -2.46. The number of fused-ring (bicyclic) bond motifs is 2. The summed E-state index contributed by atoms with van der Waals surface area (Å²) in [6.45, 7) is 2.97. The van der Waals surface area contributed by atoms with E-state index in [9.17, 15) is 9.90 Å². The Morgan fingerprint density at radius 1 is 1.02 bits per heavy atom. The third kappa shape index (κ3) is 6.36. The zero-order valence-electron chi connectivity index (χ0n) is 22.7. The summed E-state index contributed by atoms with van der Waals surface area (Å²) in [6.07, 6.45) is 0.934. The molecule has 1 saturated heterocycles. The topological polar surface area (TPSA) is 86.7 Å². The molecule has 1 N–H and O–H groups in total. The summed E-state index contributed by atoms with van der Waals surface area (Å²) in [5, 5.41) is 11.5. The van der Waals surface area contributed by atoms with Gasteiger partial charge in [0.1, 0.15) is 42.1 Å². The molecule has 1 fully saturated rings. The van der Waals surface area contributed by atoms with E-state index in [0.29, 0.717) is 31.3 Å². The number of ether oxygens (including phenoxy) is 5. The fourth-order valence-electron chi connectivity index (χ4n) is 5.35. The number of halogens is 1. The van der Waals surface area contributed by atoms with Crippen LogP contribution in [0.1, 0.15) is 39.9 Å². The van der Waals surface area contributed by atoms with Crippen LogP contribution in [0.5, 0.6) is 17.2 Å². The number of β-amino-alcohol motifs (C(OH)–C–C–N with tert-alkyl or cyclic N) is 1. The molecular weight excluding hydrogens is 534 g/mol. The molecule has 9 heteroatoms. The summed E-state index contributed by atoms with van der Waals surface area (Å²) >= 11 is 6.16. The van der Waals surface area contributed by atoms with E-state index < -0.39 is 12.1 Å². The van der Waals surface area contributed by atoms with Gasteiger partial charge in [0.2, 0.25) is 0 Å². The van der Waals surface area contributed by atoms with Crippen molar-refractivity contribution >= 4 is 17.6 Å². The first-order valence-electron chi connectivity index (χ1n) is 13.3. The zero-order chi connectivity index (χ0) is 28.1. The average Bonchev–Trinajstić information content (AvgIpc) is 3.32. The van der Waals surface area contributed by atoms with E-state index in [1.807, 2.05) is 36.4 Å². The number of rotatable bonds is 10. The molecule has 8 nitrogen and oxygen atoms in total. The molecule has 1 spiro atoms. The van der Waals surface area contributed by atoms with Crippen molar-refractivity contribution in [2.24, 2.45) is 0 Å². The van der Waals surface area contributed by atoms with Crippen molar-refractivity contribution in [3.05, 3.63) is 87.9 Å². The van der Waals surface area contributed by atoms with Crippen molar-refractivity contribution in [3.63, 3.8) is 0 Å². The normalized spacial score (nSPS) is 16.8. The third-order valence-electron chi connectivity index (χ3n) is 7.55. The summed E-state index contributed by atoms with van der Waals surface area (Å²) in [5.41, 5.74) is 3.34. The van der Waals surface area contributed by atoms with Gasteiger partial charge in [-0.2, -0.15) is 0 Å². The van der Waals surface area contributed by atoms with Crippen LogP contribution < -0.4 is 14.2 Å². The van der Waals surface area contributed by atoms with Crippen molar-refractivity contribution in [1.82, 2.24) is 4.90 Å².